The van der Waals surface area contributed by atoms with E-state index in [-0.39, 0.29) is 47.0 Å². The number of anilines is 1. The highest BCUT2D eigenvalue weighted by atomic mass is 35.5. The molecule has 0 spiro atoms. The molecule has 2 aromatic rings. The lowest BCUT2D eigenvalue weighted by Crippen LogP contribution is -2.32. The molecular formula is C22H23Cl2N3O4. The second-order valence-corrected chi connectivity index (χ2v) is 7.47. The number of carbonyl (C=O) groups is 3. The summed E-state index contributed by atoms with van der Waals surface area (Å²) in [4.78, 5) is 36.9. The molecule has 1 aliphatic rings. The van der Waals surface area contributed by atoms with E-state index >= 15 is 0 Å². The minimum atomic E-state index is -0.754. The Morgan fingerprint density at radius 1 is 1.26 bits per heavy atom. The van der Waals surface area contributed by atoms with Crippen LogP contribution in [0.4, 0.5) is 5.69 Å². The minimum Gasteiger partial charge on any atom is -0.454 e. The largest absolute Gasteiger partial charge is 0.454 e. The van der Waals surface area contributed by atoms with Crippen LogP contribution in [0.5, 0.6) is 0 Å². The summed E-state index contributed by atoms with van der Waals surface area (Å²) in [6, 6.07) is 9.52. The smallest absolute Gasteiger partial charge is 0.306 e. The molecule has 0 saturated carbocycles. The fourth-order valence-corrected chi connectivity index (χ4v) is 3.58. The topological polar surface area (TPSA) is 122 Å². The number of hydrogen-bond donors (Lipinski definition) is 3. The maximum absolute atomic E-state index is 12.6. The van der Waals surface area contributed by atoms with Gasteiger partial charge in [-0.05, 0) is 55.2 Å². The predicted octanol–water partition coefficient (Wildman–Crippen LogP) is 4.14. The van der Waals surface area contributed by atoms with Crippen LogP contribution in [0.3, 0.4) is 0 Å². The molecule has 9 heteroatoms. The molecule has 0 bridgehead atoms. The zero-order chi connectivity index (χ0) is 21.8. The maximum atomic E-state index is 12.6. The second kappa shape index (κ2) is 10.4. The van der Waals surface area contributed by atoms with Gasteiger partial charge in [-0.1, -0.05) is 24.6 Å². The quantitative estimate of drug-likeness (QED) is 0.337. The number of ketones is 1. The third-order valence-electron chi connectivity index (χ3n) is 4.85. The zero-order valence-corrected chi connectivity index (χ0v) is 18.4. The van der Waals surface area contributed by atoms with Gasteiger partial charge >= 0.3 is 5.97 Å². The maximum Gasteiger partial charge on any atom is 0.306 e. The zero-order valence-electron chi connectivity index (χ0n) is 16.9. The number of esters is 1. The number of rotatable bonds is 6. The van der Waals surface area contributed by atoms with E-state index in [0.717, 1.165) is 5.56 Å². The van der Waals surface area contributed by atoms with Crippen LogP contribution in [0.25, 0.3) is 0 Å². The standard InChI is InChI=1S/C22H22ClN3O4.ClH/c1-2-3-19(27)30-18-9-5-12-10-14(6-8-15(12)20(18)28)26-22(29)16-7-4-13(21(24)25)11-17(16)23;/h4,6-8,10-11,18H,2-3,5,9H2,1H3,(H3,24,25)(H,26,29);1H. The number of nitrogens with one attached hydrogen (secondary N) is 2. The Morgan fingerprint density at radius 2 is 2.00 bits per heavy atom. The summed E-state index contributed by atoms with van der Waals surface area (Å²) in [5.74, 6) is -1.14. The van der Waals surface area contributed by atoms with Gasteiger partial charge in [0.25, 0.3) is 5.91 Å². The summed E-state index contributed by atoms with van der Waals surface area (Å²) in [5.41, 5.74) is 7.92. The van der Waals surface area contributed by atoms with Gasteiger partial charge in [0, 0.05) is 23.2 Å². The Balaban J connectivity index is 0.00000341. The lowest BCUT2D eigenvalue weighted by atomic mass is 9.88. The molecule has 0 radical (unpaired) electrons. The first kappa shape index (κ1) is 24.4. The highest BCUT2D eigenvalue weighted by molar-refractivity contribution is 6.34. The van der Waals surface area contributed by atoms with Gasteiger partial charge in [0.1, 0.15) is 5.84 Å². The summed E-state index contributed by atoms with van der Waals surface area (Å²) >= 11 is 6.15. The molecule has 0 fully saturated rings. The Hall–Kier alpha value is -2.90. The fraction of sp³-hybridized carbons (Fsp3) is 0.273. The summed E-state index contributed by atoms with van der Waals surface area (Å²) in [5, 5.41) is 10.4. The van der Waals surface area contributed by atoms with E-state index in [1.54, 1.807) is 24.3 Å². The van der Waals surface area contributed by atoms with E-state index in [0.29, 0.717) is 36.1 Å². The van der Waals surface area contributed by atoms with E-state index in [9.17, 15) is 14.4 Å². The number of halogens is 2. The molecule has 31 heavy (non-hydrogen) atoms. The number of aryl methyl sites for hydroxylation is 1. The van der Waals surface area contributed by atoms with Crippen LogP contribution in [-0.4, -0.2) is 29.6 Å². The number of nitrogen functional groups attached to an aromatic ring is 1. The Bertz CT molecular complexity index is 1040. The van der Waals surface area contributed by atoms with Gasteiger partial charge < -0.3 is 15.8 Å². The number of hydrogen-bond acceptors (Lipinski definition) is 5. The van der Waals surface area contributed by atoms with E-state index in [1.165, 1.54) is 12.1 Å². The van der Waals surface area contributed by atoms with Gasteiger partial charge in [-0.15, -0.1) is 12.4 Å². The van der Waals surface area contributed by atoms with Gasteiger partial charge in [0.15, 0.2) is 6.10 Å². The van der Waals surface area contributed by atoms with Crippen LogP contribution < -0.4 is 11.1 Å². The van der Waals surface area contributed by atoms with Crippen molar-refractivity contribution >= 4 is 53.2 Å². The third kappa shape index (κ3) is 5.62. The summed E-state index contributed by atoms with van der Waals surface area (Å²) < 4.78 is 5.30. The number of ether oxygens (including phenoxy) is 1. The van der Waals surface area contributed by atoms with E-state index in [2.05, 4.69) is 5.32 Å². The van der Waals surface area contributed by atoms with E-state index < -0.39 is 12.0 Å². The van der Waals surface area contributed by atoms with Crippen molar-refractivity contribution in [1.29, 1.82) is 5.41 Å². The SMILES string of the molecule is CCCC(=O)OC1CCc2cc(NC(=O)c3ccc(C(=N)N)cc3Cl)ccc2C1=O.Cl. The number of amidine groups is 1. The van der Waals surface area contributed by atoms with Crippen LogP contribution in [0.2, 0.25) is 5.02 Å². The molecule has 7 nitrogen and oxygen atoms in total. The lowest BCUT2D eigenvalue weighted by Gasteiger charge is -2.24. The number of Topliss-reactive ketones (excluding diaryl/α,β-unsaturated/α-hetero) is 1. The van der Waals surface area contributed by atoms with Crippen LogP contribution in [0, 0.1) is 5.41 Å². The van der Waals surface area contributed by atoms with Gasteiger partial charge in [-0.25, -0.2) is 0 Å². The van der Waals surface area contributed by atoms with Crippen LogP contribution in [-0.2, 0) is 16.0 Å². The highest BCUT2D eigenvalue weighted by Gasteiger charge is 2.30. The number of fused-ring (bicyclic) bond motifs is 1. The van der Waals surface area contributed by atoms with Crippen molar-refractivity contribution in [3.05, 3.63) is 63.7 Å². The van der Waals surface area contributed by atoms with Gasteiger partial charge in [0.05, 0.1) is 10.6 Å². The van der Waals surface area contributed by atoms with Crippen LogP contribution in [0.1, 0.15) is 58.0 Å². The number of carbonyl (C=O) groups excluding carboxylic acids is 3. The average Bonchev–Trinajstić information content (AvgIpc) is 2.70. The Labute approximate surface area is 191 Å². The minimum absolute atomic E-state index is 0. The average molecular weight is 464 g/mol. The summed E-state index contributed by atoms with van der Waals surface area (Å²) in [7, 11) is 0. The molecule has 0 heterocycles. The first-order chi connectivity index (χ1) is 14.3. The lowest BCUT2D eigenvalue weighted by molar-refractivity contribution is -0.147. The molecule has 0 aromatic heterocycles. The van der Waals surface area contributed by atoms with Gasteiger partial charge in [-0.3, -0.25) is 19.8 Å². The number of nitrogens with two attached hydrogens (primary N) is 1. The van der Waals surface area contributed by atoms with Gasteiger partial charge in [0.2, 0.25) is 5.78 Å². The predicted molar refractivity (Wildman–Crippen MR) is 122 cm³/mol. The molecule has 4 N–H and O–H groups in total. The van der Waals surface area contributed by atoms with Crippen molar-refractivity contribution in [2.45, 2.75) is 38.7 Å². The molecule has 164 valence electrons. The molecule has 1 unspecified atom stereocenters. The van der Waals surface area contributed by atoms with Crippen molar-refractivity contribution in [2.24, 2.45) is 5.73 Å². The van der Waals surface area contributed by atoms with E-state index in [1.807, 2.05) is 6.92 Å². The van der Waals surface area contributed by atoms with Gasteiger partial charge in [-0.2, -0.15) is 0 Å². The molecule has 1 aliphatic carbocycles. The second-order valence-electron chi connectivity index (χ2n) is 7.07. The van der Waals surface area contributed by atoms with E-state index in [4.69, 9.17) is 27.5 Å². The summed E-state index contributed by atoms with van der Waals surface area (Å²) in [6.07, 6.45) is 1.17. The third-order valence-corrected chi connectivity index (χ3v) is 5.16. The Morgan fingerprint density at radius 3 is 2.65 bits per heavy atom. The van der Waals surface area contributed by atoms with Crippen molar-refractivity contribution in [3.8, 4) is 0 Å². The van der Waals surface area contributed by atoms with Crippen molar-refractivity contribution < 1.29 is 19.1 Å². The van der Waals surface area contributed by atoms with Crippen LogP contribution >= 0.6 is 24.0 Å². The normalized spacial score (nSPS) is 14.8. The first-order valence-electron chi connectivity index (χ1n) is 9.62. The molecule has 1 amide bonds. The Kier molecular flexibility index (Phi) is 8.19. The fourth-order valence-electron chi connectivity index (χ4n) is 3.31. The number of amides is 1. The monoisotopic (exact) mass is 463 g/mol. The first-order valence-corrected chi connectivity index (χ1v) is 10.00. The summed E-state index contributed by atoms with van der Waals surface area (Å²) in [6.45, 7) is 1.87. The van der Waals surface area contributed by atoms with Crippen molar-refractivity contribution in [3.63, 3.8) is 0 Å². The molecule has 1 atom stereocenters. The molecule has 0 aliphatic heterocycles. The number of benzene rings is 2. The van der Waals surface area contributed by atoms with Crippen molar-refractivity contribution in [1.82, 2.24) is 0 Å². The molecule has 0 saturated heterocycles. The molecule has 2 aromatic carbocycles. The molecular weight excluding hydrogens is 441 g/mol. The highest BCUT2D eigenvalue weighted by Crippen LogP contribution is 2.27. The molecule has 3 rings (SSSR count). The van der Waals surface area contributed by atoms with Crippen LogP contribution in [0.15, 0.2) is 36.4 Å². The van der Waals surface area contributed by atoms with Crippen molar-refractivity contribution in [2.75, 3.05) is 5.32 Å².